The van der Waals surface area contributed by atoms with Crippen LogP contribution in [0.25, 0.3) is 0 Å². The van der Waals surface area contributed by atoms with Crippen LogP contribution in [0.3, 0.4) is 0 Å². The van der Waals surface area contributed by atoms with E-state index in [1.165, 1.54) is 0 Å². The molecule has 0 bridgehead atoms. The average molecular weight is 269 g/mol. The fourth-order valence-corrected chi connectivity index (χ4v) is 2.50. The molecule has 3 nitrogen and oxygen atoms in total. The molecule has 0 unspecified atom stereocenters. The molecule has 1 heterocycles. The van der Waals surface area contributed by atoms with Gasteiger partial charge in [-0.2, -0.15) is 0 Å². The predicted molar refractivity (Wildman–Crippen MR) is 70.2 cm³/mol. The summed E-state index contributed by atoms with van der Waals surface area (Å²) in [6, 6.07) is 7.02. The highest BCUT2D eigenvalue weighted by Crippen LogP contribution is 2.30. The maximum atomic E-state index is 12.6. The zero-order chi connectivity index (χ0) is 13.0. The van der Waals surface area contributed by atoms with Gasteiger partial charge in [0, 0.05) is 43.2 Å². The van der Waals surface area contributed by atoms with Crippen molar-refractivity contribution in [3.63, 3.8) is 0 Å². The average Bonchev–Trinajstić information content (AvgIpc) is 2.39. The van der Waals surface area contributed by atoms with Gasteiger partial charge in [0.25, 0.3) is 0 Å². The van der Waals surface area contributed by atoms with E-state index in [-0.39, 0.29) is 5.78 Å². The second-order valence-corrected chi connectivity index (χ2v) is 4.82. The number of halogens is 1. The Balaban J connectivity index is 2.28. The standard InChI is InChI=1S/C14H17ClO3/c1-2-18-14(6-8-17-9-7-14)13(16)11-4-3-5-12(15)10-11/h3-5,10H,2,6-9H2,1H3. The Labute approximate surface area is 112 Å². The number of carbonyl (C=O) groups excluding carboxylic acids is 1. The number of rotatable bonds is 4. The van der Waals surface area contributed by atoms with Crippen molar-refractivity contribution in [3.8, 4) is 0 Å². The monoisotopic (exact) mass is 268 g/mol. The lowest BCUT2D eigenvalue weighted by molar-refractivity contribution is -0.0822. The topological polar surface area (TPSA) is 35.5 Å². The van der Waals surface area contributed by atoms with Gasteiger partial charge in [-0.1, -0.05) is 23.7 Å². The summed E-state index contributed by atoms with van der Waals surface area (Å²) in [5.41, 5.74) is -0.129. The van der Waals surface area contributed by atoms with Crippen molar-refractivity contribution in [1.29, 1.82) is 0 Å². The normalized spacial score (nSPS) is 18.6. The third kappa shape index (κ3) is 2.74. The number of hydrogen-bond donors (Lipinski definition) is 0. The van der Waals surface area contributed by atoms with E-state index in [4.69, 9.17) is 21.1 Å². The van der Waals surface area contributed by atoms with E-state index in [1.807, 2.05) is 6.92 Å². The van der Waals surface area contributed by atoms with Crippen LogP contribution in [0.15, 0.2) is 24.3 Å². The molecule has 1 saturated heterocycles. The van der Waals surface area contributed by atoms with Crippen LogP contribution in [0.4, 0.5) is 0 Å². The molecule has 0 aliphatic carbocycles. The highest BCUT2D eigenvalue weighted by Gasteiger charge is 2.41. The second-order valence-electron chi connectivity index (χ2n) is 4.38. The molecular weight excluding hydrogens is 252 g/mol. The Morgan fingerprint density at radius 1 is 1.44 bits per heavy atom. The number of Topliss-reactive ketones (excluding diaryl/α,β-unsaturated/α-hetero) is 1. The fourth-order valence-electron chi connectivity index (χ4n) is 2.31. The molecular formula is C14H17ClO3. The highest BCUT2D eigenvalue weighted by atomic mass is 35.5. The maximum absolute atomic E-state index is 12.6. The van der Waals surface area contributed by atoms with Crippen LogP contribution >= 0.6 is 11.6 Å². The quantitative estimate of drug-likeness (QED) is 0.787. The molecule has 1 aliphatic heterocycles. The van der Waals surface area contributed by atoms with E-state index >= 15 is 0 Å². The lowest BCUT2D eigenvalue weighted by atomic mass is 9.85. The summed E-state index contributed by atoms with van der Waals surface area (Å²) < 4.78 is 11.1. The van der Waals surface area contributed by atoms with Gasteiger partial charge in [-0.15, -0.1) is 0 Å². The van der Waals surface area contributed by atoms with Crippen molar-refractivity contribution in [1.82, 2.24) is 0 Å². The minimum atomic E-state index is -0.738. The molecule has 0 N–H and O–H groups in total. The van der Waals surface area contributed by atoms with Gasteiger partial charge in [-0.05, 0) is 19.1 Å². The molecule has 0 spiro atoms. The molecule has 0 radical (unpaired) electrons. The van der Waals surface area contributed by atoms with Crippen molar-refractivity contribution < 1.29 is 14.3 Å². The Morgan fingerprint density at radius 3 is 2.78 bits per heavy atom. The largest absolute Gasteiger partial charge is 0.381 e. The molecule has 0 saturated carbocycles. The first-order valence-corrected chi connectivity index (χ1v) is 6.58. The van der Waals surface area contributed by atoms with Crippen molar-refractivity contribution in [2.45, 2.75) is 25.4 Å². The molecule has 0 aromatic heterocycles. The van der Waals surface area contributed by atoms with Crippen LogP contribution in [0.2, 0.25) is 5.02 Å². The molecule has 1 aliphatic rings. The summed E-state index contributed by atoms with van der Waals surface area (Å²) in [7, 11) is 0. The van der Waals surface area contributed by atoms with Gasteiger partial charge in [0.05, 0.1) is 0 Å². The van der Waals surface area contributed by atoms with Crippen LogP contribution in [0.1, 0.15) is 30.1 Å². The van der Waals surface area contributed by atoms with Crippen LogP contribution < -0.4 is 0 Å². The van der Waals surface area contributed by atoms with Crippen molar-refractivity contribution in [3.05, 3.63) is 34.9 Å². The molecule has 4 heteroatoms. The molecule has 18 heavy (non-hydrogen) atoms. The van der Waals surface area contributed by atoms with Gasteiger partial charge in [0.15, 0.2) is 5.78 Å². The number of carbonyl (C=O) groups is 1. The smallest absolute Gasteiger partial charge is 0.194 e. The summed E-state index contributed by atoms with van der Waals surface area (Å²) in [4.78, 5) is 12.6. The zero-order valence-electron chi connectivity index (χ0n) is 10.4. The van der Waals surface area contributed by atoms with Gasteiger partial charge in [-0.25, -0.2) is 0 Å². The van der Waals surface area contributed by atoms with E-state index in [9.17, 15) is 4.79 Å². The number of ether oxygens (including phenoxy) is 2. The third-order valence-corrected chi connectivity index (χ3v) is 3.46. The van der Waals surface area contributed by atoms with Gasteiger partial charge >= 0.3 is 0 Å². The lowest BCUT2D eigenvalue weighted by Gasteiger charge is -2.35. The zero-order valence-corrected chi connectivity index (χ0v) is 11.2. The van der Waals surface area contributed by atoms with Crippen molar-refractivity contribution in [2.24, 2.45) is 0 Å². The second kappa shape index (κ2) is 5.83. The molecule has 2 rings (SSSR count). The molecule has 0 atom stereocenters. The summed E-state index contributed by atoms with van der Waals surface area (Å²) in [5, 5.41) is 0.569. The Kier molecular flexibility index (Phi) is 4.38. The number of ketones is 1. The summed E-state index contributed by atoms with van der Waals surface area (Å²) >= 11 is 5.93. The molecule has 0 amide bonds. The van der Waals surface area contributed by atoms with E-state index in [1.54, 1.807) is 24.3 Å². The van der Waals surface area contributed by atoms with Gasteiger partial charge in [0.2, 0.25) is 0 Å². The maximum Gasteiger partial charge on any atom is 0.194 e. The first-order chi connectivity index (χ1) is 8.68. The highest BCUT2D eigenvalue weighted by molar-refractivity contribution is 6.31. The van der Waals surface area contributed by atoms with Crippen molar-refractivity contribution >= 4 is 17.4 Å². The molecule has 98 valence electrons. The first kappa shape index (κ1) is 13.5. The van der Waals surface area contributed by atoms with E-state index in [0.29, 0.717) is 43.2 Å². The van der Waals surface area contributed by atoms with Crippen LogP contribution in [-0.2, 0) is 9.47 Å². The Hall–Kier alpha value is -0.900. The molecule has 1 aromatic carbocycles. The van der Waals surface area contributed by atoms with E-state index in [0.717, 1.165) is 0 Å². The summed E-state index contributed by atoms with van der Waals surface area (Å²) in [6.45, 7) is 3.55. The number of benzene rings is 1. The minimum absolute atomic E-state index is 0.00940. The van der Waals surface area contributed by atoms with Crippen molar-refractivity contribution in [2.75, 3.05) is 19.8 Å². The minimum Gasteiger partial charge on any atom is -0.381 e. The van der Waals surface area contributed by atoms with Crippen LogP contribution in [0, 0.1) is 0 Å². The van der Waals surface area contributed by atoms with Gasteiger partial charge < -0.3 is 9.47 Å². The van der Waals surface area contributed by atoms with E-state index < -0.39 is 5.60 Å². The molecule has 1 aromatic rings. The van der Waals surface area contributed by atoms with Gasteiger partial charge in [0.1, 0.15) is 5.60 Å². The predicted octanol–water partition coefficient (Wildman–Crippen LogP) is 3.11. The number of hydrogen-bond acceptors (Lipinski definition) is 3. The Bertz CT molecular complexity index is 419. The SMILES string of the molecule is CCOC1(C(=O)c2cccc(Cl)c2)CCOCC1. The third-order valence-electron chi connectivity index (χ3n) is 3.22. The first-order valence-electron chi connectivity index (χ1n) is 6.20. The summed E-state index contributed by atoms with van der Waals surface area (Å²) in [5.74, 6) is 0.00940. The summed E-state index contributed by atoms with van der Waals surface area (Å²) in [6.07, 6.45) is 1.21. The van der Waals surface area contributed by atoms with Crippen LogP contribution in [-0.4, -0.2) is 31.2 Å². The van der Waals surface area contributed by atoms with E-state index in [2.05, 4.69) is 0 Å². The Morgan fingerprint density at radius 2 is 2.17 bits per heavy atom. The van der Waals surface area contributed by atoms with Gasteiger partial charge in [-0.3, -0.25) is 4.79 Å². The lowest BCUT2D eigenvalue weighted by Crippen LogP contribution is -2.46. The fraction of sp³-hybridized carbons (Fsp3) is 0.500. The van der Waals surface area contributed by atoms with Crippen LogP contribution in [0.5, 0.6) is 0 Å². The molecule has 1 fully saturated rings.